The van der Waals surface area contributed by atoms with Gasteiger partial charge in [0.1, 0.15) is 10.9 Å². The van der Waals surface area contributed by atoms with E-state index in [1.165, 1.54) is 24.4 Å². The molecular formula is C13H7ClF3NO2. The highest BCUT2D eigenvalue weighted by Crippen LogP contribution is 2.30. The quantitative estimate of drug-likeness (QED) is 0.632. The van der Waals surface area contributed by atoms with E-state index in [-0.39, 0.29) is 10.9 Å². The van der Waals surface area contributed by atoms with Crippen LogP contribution in [-0.2, 0) is 0 Å². The van der Waals surface area contributed by atoms with Crippen molar-refractivity contribution in [2.75, 3.05) is 0 Å². The molecule has 0 radical (unpaired) electrons. The van der Waals surface area contributed by atoms with Crippen molar-refractivity contribution in [3.63, 3.8) is 0 Å². The minimum Gasteiger partial charge on any atom is -0.406 e. The van der Waals surface area contributed by atoms with Gasteiger partial charge in [0.15, 0.2) is 6.29 Å². The molecule has 0 unspecified atom stereocenters. The van der Waals surface area contributed by atoms with E-state index in [9.17, 15) is 18.0 Å². The average molecular weight is 302 g/mol. The largest absolute Gasteiger partial charge is 0.573 e. The number of halogens is 4. The Hall–Kier alpha value is -2.08. The van der Waals surface area contributed by atoms with Gasteiger partial charge in [-0.1, -0.05) is 23.7 Å². The Balaban J connectivity index is 2.32. The summed E-state index contributed by atoms with van der Waals surface area (Å²) in [7, 11) is 0. The molecule has 7 heteroatoms. The van der Waals surface area contributed by atoms with Gasteiger partial charge in [-0.15, -0.1) is 13.2 Å². The van der Waals surface area contributed by atoms with Crippen LogP contribution in [0.15, 0.2) is 36.5 Å². The lowest BCUT2D eigenvalue weighted by Gasteiger charge is -2.10. The lowest BCUT2D eigenvalue weighted by atomic mass is 10.1. The Morgan fingerprint density at radius 1 is 1.20 bits per heavy atom. The number of rotatable bonds is 3. The van der Waals surface area contributed by atoms with Crippen LogP contribution < -0.4 is 4.74 Å². The van der Waals surface area contributed by atoms with Gasteiger partial charge in [0.25, 0.3) is 0 Å². The minimum absolute atomic E-state index is 0.153. The number of hydrogen-bond acceptors (Lipinski definition) is 3. The molecule has 20 heavy (non-hydrogen) atoms. The van der Waals surface area contributed by atoms with Crippen molar-refractivity contribution in [1.29, 1.82) is 0 Å². The van der Waals surface area contributed by atoms with Gasteiger partial charge in [0, 0.05) is 17.3 Å². The molecule has 0 saturated carbocycles. The summed E-state index contributed by atoms with van der Waals surface area (Å²) in [5.74, 6) is -0.336. The predicted molar refractivity (Wildman–Crippen MR) is 66.8 cm³/mol. The fraction of sp³-hybridized carbons (Fsp3) is 0.0769. The summed E-state index contributed by atoms with van der Waals surface area (Å²) in [5.41, 5.74) is 1.30. The van der Waals surface area contributed by atoms with E-state index in [0.29, 0.717) is 23.0 Å². The smallest absolute Gasteiger partial charge is 0.406 e. The molecular weight excluding hydrogens is 295 g/mol. The Bertz CT molecular complexity index is 627. The van der Waals surface area contributed by atoms with E-state index in [1.807, 2.05) is 0 Å². The van der Waals surface area contributed by atoms with Crippen molar-refractivity contribution in [1.82, 2.24) is 4.98 Å². The normalized spacial score (nSPS) is 11.2. The number of nitrogens with zero attached hydrogens (tertiary/aromatic N) is 1. The first-order valence-electron chi connectivity index (χ1n) is 5.36. The third-order valence-corrected chi connectivity index (χ3v) is 2.70. The Labute approximate surface area is 117 Å². The lowest BCUT2D eigenvalue weighted by molar-refractivity contribution is -0.274. The maximum atomic E-state index is 12.0. The zero-order valence-electron chi connectivity index (χ0n) is 9.82. The molecule has 0 aliphatic rings. The summed E-state index contributed by atoms with van der Waals surface area (Å²) < 4.78 is 39.9. The van der Waals surface area contributed by atoms with Gasteiger partial charge in [-0.3, -0.25) is 4.79 Å². The summed E-state index contributed by atoms with van der Waals surface area (Å²) in [5, 5.41) is 0.153. The molecule has 1 heterocycles. The van der Waals surface area contributed by atoms with Crippen molar-refractivity contribution in [2.24, 2.45) is 0 Å². The molecule has 104 valence electrons. The Kier molecular flexibility index (Phi) is 3.94. The number of alkyl halides is 3. The summed E-state index contributed by atoms with van der Waals surface area (Å²) >= 11 is 5.90. The highest BCUT2D eigenvalue weighted by atomic mass is 35.5. The van der Waals surface area contributed by atoms with Crippen molar-refractivity contribution in [3.8, 4) is 16.9 Å². The van der Waals surface area contributed by atoms with E-state index < -0.39 is 6.36 Å². The van der Waals surface area contributed by atoms with Gasteiger partial charge in [0.05, 0.1) is 0 Å². The van der Waals surface area contributed by atoms with E-state index in [4.69, 9.17) is 11.6 Å². The standard InChI is InChI=1S/C13H7ClF3NO2/c14-12-11(5-8(7-19)6-18-12)9-1-3-10(4-2-9)20-13(15,16)17/h1-7H. The monoisotopic (exact) mass is 301 g/mol. The van der Waals surface area contributed by atoms with Crippen molar-refractivity contribution in [3.05, 3.63) is 47.2 Å². The SMILES string of the molecule is O=Cc1cnc(Cl)c(-c2ccc(OC(F)(F)F)cc2)c1. The van der Waals surface area contributed by atoms with E-state index in [1.54, 1.807) is 0 Å². The number of hydrogen-bond donors (Lipinski definition) is 0. The molecule has 2 aromatic rings. The molecule has 0 N–H and O–H groups in total. The summed E-state index contributed by atoms with van der Waals surface area (Å²) in [6.45, 7) is 0. The highest BCUT2D eigenvalue weighted by Gasteiger charge is 2.30. The van der Waals surface area contributed by atoms with Gasteiger partial charge >= 0.3 is 6.36 Å². The van der Waals surface area contributed by atoms with Gasteiger partial charge in [-0.25, -0.2) is 4.98 Å². The topological polar surface area (TPSA) is 39.2 Å². The number of aldehydes is 1. The fourth-order valence-electron chi connectivity index (χ4n) is 1.57. The highest BCUT2D eigenvalue weighted by molar-refractivity contribution is 6.32. The lowest BCUT2D eigenvalue weighted by Crippen LogP contribution is -2.16. The number of ether oxygens (including phenoxy) is 1. The second kappa shape index (κ2) is 5.50. The molecule has 0 bridgehead atoms. The van der Waals surface area contributed by atoms with Crippen LogP contribution in [0.4, 0.5) is 13.2 Å². The van der Waals surface area contributed by atoms with Gasteiger partial charge in [-0.2, -0.15) is 0 Å². The molecule has 0 atom stereocenters. The van der Waals surface area contributed by atoms with E-state index in [0.717, 1.165) is 12.1 Å². The van der Waals surface area contributed by atoms with Crippen LogP contribution in [0.2, 0.25) is 5.15 Å². The maximum Gasteiger partial charge on any atom is 0.573 e. The number of pyridine rings is 1. The van der Waals surface area contributed by atoms with Crippen molar-refractivity contribution < 1.29 is 22.7 Å². The number of carbonyl (C=O) groups excluding carboxylic acids is 1. The molecule has 0 aliphatic carbocycles. The van der Waals surface area contributed by atoms with E-state index in [2.05, 4.69) is 9.72 Å². The molecule has 0 spiro atoms. The van der Waals surface area contributed by atoms with Crippen LogP contribution in [0.3, 0.4) is 0 Å². The summed E-state index contributed by atoms with van der Waals surface area (Å²) in [6.07, 6.45) is -2.83. The zero-order chi connectivity index (χ0) is 14.8. The summed E-state index contributed by atoms with van der Waals surface area (Å²) in [6, 6.07) is 6.62. The average Bonchev–Trinajstić information content (AvgIpc) is 2.39. The molecule has 1 aromatic carbocycles. The van der Waals surface area contributed by atoms with Crippen molar-refractivity contribution >= 4 is 17.9 Å². The van der Waals surface area contributed by atoms with Crippen LogP contribution in [0.1, 0.15) is 10.4 Å². The fourth-order valence-corrected chi connectivity index (χ4v) is 1.78. The van der Waals surface area contributed by atoms with Gasteiger partial charge in [0.2, 0.25) is 0 Å². The minimum atomic E-state index is -4.74. The first-order valence-corrected chi connectivity index (χ1v) is 5.74. The van der Waals surface area contributed by atoms with Crippen LogP contribution in [0, 0.1) is 0 Å². The Morgan fingerprint density at radius 3 is 2.40 bits per heavy atom. The number of carbonyl (C=O) groups is 1. The molecule has 0 fully saturated rings. The molecule has 0 saturated heterocycles. The molecule has 1 aromatic heterocycles. The zero-order valence-corrected chi connectivity index (χ0v) is 10.6. The maximum absolute atomic E-state index is 12.0. The molecule has 0 amide bonds. The second-order valence-electron chi connectivity index (χ2n) is 3.80. The first-order chi connectivity index (χ1) is 9.39. The third-order valence-electron chi connectivity index (χ3n) is 2.40. The van der Waals surface area contributed by atoms with Crippen LogP contribution in [0.25, 0.3) is 11.1 Å². The van der Waals surface area contributed by atoms with Gasteiger partial charge < -0.3 is 4.74 Å². The molecule has 3 nitrogen and oxygen atoms in total. The number of aromatic nitrogens is 1. The first kappa shape index (κ1) is 14.3. The van der Waals surface area contributed by atoms with Crippen molar-refractivity contribution in [2.45, 2.75) is 6.36 Å². The van der Waals surface area contributed by atoms with Crippen LogP contribution in [-0.4, -0.2) is 17.6 Å². The van der Waals surface area contributed by atoms with Crippen LogP contribution >= 0.6 is 11.6 Å². The number of benzene rings is 1. The third kappa shape index (κ3) is 3.48. The summed E-state index contributed by atoms with van der Waals surface area (Å²) in [4.78, 5) is 14.5. The molecule has 2 rings (SSSR count). The molecule has 0 aliphatic heterocycles. The van der Waals surface area contributed by atoms with Crippen LogP contribution in [0.5, 0.6) is 5.75 Å². The van der Waals surface area contributed by atoms with E-state index >= 15 is 0 Å². The second-order valence-corrected chi connectivity index (χ2v) is 4.16. The van der Waals surface area contributed by atoms with Gasteiger partial charge in [-0.05, 0) is 23.8 Å². The predicted octanol–water partition coefficient (Wildman–Crippen LogP) is 4.11. The Morgan fingerprint density at radius 2 is 1.85 bits per heavy atom.